The first kappa shape index (κ1) is 13.6. The van der Waals surface area contributed by atoms with Gasteiger partial charge in [0.05, 0.1) is 21.7 Å². The molecule has 7 heteroatoms. The molecular formula is C15H10BrClN4O. The van der Waals surface area contributed by atoms with Gasteiger partial charge in [-0.05, 0) is 25.1 Å². The topological polar surface area (TPSA) is 55.1 Å². The largest absolute Gasteiger partial charge is 0.331 e. The molecule has 1 aromatic carbocycles. The van der Waals surface area contributed by atoms with Crippen LogP contribution in [0.1, 0.15) is 5.56 Å². The monoisotopic (exact) mass is 376 g/mol. The lowest BCUT2D eigenvalue weighted by atomic mass is 10.2. The lowest BCUT2D eigenvalue weighted by Gasteiger charge is -2.09. The highest BCUT2D eigenvalue weighted by atomic mass is 79.9. The van der Waals surface area contributed by atoms with Crippen LogP contribution in [-0.2, 0) is 0 Å². The quantitative estimate of drug-likeness (QED) is 0.550. The molecule has 1 N–H and O–H groups in total. The normalized spacial score (nSPS) is 11.6. The third-order valence-corrected chi connectivity index (χ3v) is 4.50. The van der Waals surface area contributed by atoms with Gasteiger partial charge in [-0.3, -0.25) is 4.57 Å². The predicted molar refractivity (Wildman–Crippen MR) is 90.1 cm³/mol. The molecule has 110 valence electrons. The summed E-state index contributed by atoms with van der Waals surface area (Å²) in [5.74, 6) is 0. The van der Waals surface area contributed by atoms with Crippen molar-refractivity contribution in [3.8, 4) is 5.69 Å². The van der Waals surface area contributed by atoms with Gasteiger partial charge in [0.25, 0.3) is 0 Å². The van der Waals surface area contributed by atoms with E-state index in [9.17, 15) is 4.79 Å². The summed E-state index contributed by atoms with van der Waals surface area (Å²) in [5.41, 5.74) is 3.67. The Morgan fingerprint density at radius 1 is 1.36 bits per heavy atom. The van der Waals surface area contributed by atoms with Gasteiger partial charge in [-0.25, -0.2) is 9.78 Å². The van der Waals surface area contributed by atoms with Gasteiger partial charge < -0.3 is 9.38 Å². The molecule has 0 bridgehead atoms. The Morgan fingerprint density at radius 2 is 2.18 bits per heavy atom. The Hall–Kier alpha value is -2.05. The van der Waals surface area contributed by atoms with E-state index in [4.69, 9.17) is 11.6 Å². The Bertz CT molecular complexity index is 1090. The van der Waals surface area contributed by atoms with Crippen molar-refractivity contribution in [2.24, 2.45) is 0 Å². The number of H-pyrrole nitrogens is 1. The van der Waals surface area contributed by atoms with Crippen LogP contribution in [0.15, 0.2) is 46.1 Å². The number of aryl methyl sites for hydroxylation is 1. The molecule has 0 aliphatic carbocycles. The van der Waals surface area contributed by atoms with Crippen LogP contribution in [0.3, 0.4) is 0 Å². The van der Waals surface area contributed by atoms with E-state index >= 15 is 0 Å². The van der Waals surface area contributed by atoms with E-state index in [1.54, 1.807) is 16.8 Å². The number of rotatable bonds is 1. The van der Waals surface area contributed by atoms with Crippen molar-refractivity contribution in [2.75, 3.05) is 0 Å². The summed E-state index contributed by atoms with van der Waals surface area (Å²) in [6.45, 7) is 1.95. The number of imidazole rings is 2. The second-order valence-corrected chi connectivity index (χ2v) is 6.36. The first-order valence-electron chi connectivity index (χ1n) is 6.58. The summed E-state index contributed by atoms with van der Waals surface area (Å²) in [7, 11) is 0. The molecule has 0 saturated carbocycles. The maximum absolute atomic E-state index is 12.4. The number of aromatic nitrogens is 4. The van der Waals surface area contributed by atoms with Gasteiger partial charge in [-0.2, -0.15) is 0 Å². The summed E-state index contributed by atoms with van der Waals surface area (Å²) < 4.78 is 4.34. The summed E-state index contributed by atoms with van der Waals surface area (Å²) in [5, 5.41) is 0.500. The fraction of sp³-hybridized carbons (Fsp3) is 0.0667. The molecule has 22 heavy (non-hydrogen) atoms. The van der Waals surface area contributed by atoms with E-state index in [1.807, 2.05) is 35.9 Å². The zero-order chi connectivity index (χ0) is 15.4. The second-order valence-electron chi connectivity index (χ2n) is 5.04. The van der Waals surface area contributed by atoms with Crippen LogP contribution in [0.5, 0.6) is 0 Å². The fourth-order valence-electron chi connectivity index (χ4n) is 2.76. The van der Waals surface area contributed by atoms with Crippen molar-refractivity contribution in [3.63, 3.8) is 0 Å². The molecule has 0 aliphatic rings. The highest BCUT2D eigenvalue weighted by molar-refractivity contribution is 9.10. The summed E-state index contributed by atoms with van der Waals surface area (Å²) >= 11 is 9.70. The minimum atomic E-state index is -0.226. The lowest BCUT2D eigenvalue weighted by Crippen LogP contribution is -2.15. The number of benzene rings is 1. The molecule has 0 radical (unpaired) electrons. The van der Waals surface area contributed by atoms with Crippen molar-refractivity contribution in [2.45, 2.75) is 6.92 Å². The maximum Gasteiger partial charge on any atom is 0.331 e. The zero-order valence-electron chi connectivity index (χ0n) is 11.5. The summed E-state index contributed by atoms with van der Waals surface area (Å²) in [4.78, 5) is 19.7. The number of nitrogens with one attached hydrogen (secondary N) is 1. The molecule has 5 nitrogen and oxygen atoms in total. The fourth-order valence-corrected chi connectivity index (χ4v) is 3.52. The summed E-state index contributed by atoms with van der Waals surface area (Å²) in [6, 6.07) is 5.44. The highest BCUT2D eigenvalue weighted by Crippen LogP contribution is 2.28. The first-order valence-corrected chi connectivity index (χ1v) is 7.76. The number of pyridine rings is 1. The van der Waals surface area contributed by atoms with Gasteiger partial charge >= 0.3 is 5.69 Å². The predicted octanol–water partition coefficient (Wildman–Crippen LogP) is 3.69. The molecule has 0 spiro atoms. The average Bonchev–Trinajstić information content (AvgIpc) is 3.04. The third kappa shape index (κ3) is 1.84. The van der Waals surface area contributed by atoms with E-state index in [2.05, 4.69) is 25.9 Å². The van der Waals surface area contributed by atoms with Crippen LogP contribution < -0.4 is 5.69 Å². The molecule has 0 saturated heterocycles. The Balaban J connectivity index is 2.17. The number of hydrogen-bond donors (Lipinski definition) is 1. The number of aromatic amines is 1. The molecule has 0 aliphatic heterocycles. The smallest absolute Gasteiger partial charge is 0.305 e. The van der Waals surface area contributed by atoms with Gasteiger partial charge in [0.15, 0.2) is 0 Å². The summed E-state index contributed by atoms with van der Waals surface area (Å²) in [6.07, 6.45) is 5.44. The van der Waals surface area contributed by atoms with Crippen LogP contribution in [0, 0.1) is 6.92 Å². The molecule has 4 aromatic rings. The standard InChI is InChI=1S/C15H10BrClN4O/c1-8-13-11(7-20-5-4-18-14(8)20)19-15(22)21(13)12-3-2-9(16)6-10(12)17/h2-7H,1H3,(H,19,22). The molecular weight excluding hydrogens is 368 g/mol. The number of fused-ring (bicyclic) bond motifs is 2. The zero-order valence-corrected chi connectivity index (χ0v) is 13.8. The van der Waals surface area contributed by atoms with Crippen molar-refractivity contribution in [3.05, 3.63) is 62.3 Å². The van der Waals surface area contributed by atoms with Gasteiger partial charge in [0.2, 0.25) is 0 Å². The van der Waals surface area contributed by atoms with Crippen molar-refractivity contribution < 1.29 is 0 Å². The van der Waals surface area contributed by atoms with Gasteiger partial charge in [-0.1, -0.05) is 27.5 Å². The Labute approximate surface area is 138 Å². The number of halogens is 2. The molecule has 3 aromatic heterocycles. The van der Waals surface area contributed by atoms with Crippen LogP contribution in [0.4, 0.5) is 0 Å². The average molecular weight is 378 g/mol. The molecule has 4 rings (SSSR count). The second kappa shape index (κ2) is 4.72. The van der Waals surface area contributed by atoms with Crippen molar-refractivity contribution in [1.82, 2.24) is 18.9 Å². The molecule has 0 amide bonds. The number of hydrogen-bond acceptors (Lipinski definition) is 2. The van der Waals surface area contributed by atoms with Crippen LogP contribution in [-0.4, -0.2) is 18.9 Å². The SMILES string of the molecule is Cc1c2c(cn3ccnc13)[nH]c(=O)n2-c1ccc(Br)cc1Cl. The maximum atomic E-state index is 12.4. The van der Waals surface area contributed by atoms with E-state index < -0.39 is 0 Å². The van der Waals surface area contributed by atoms with Crippen molar-refractivity contribution >= 4 is 44.2 Å². The van der Waals surface area contributed by atoms with E-state index in [0.29, 0.717) is 10.7 Å². The molecule has 3 heterocycles. The van der Waals surface area contributed by atoms with Crippen LogP contribution in [0.25, 0.3) is 22.4 Å². The van der Waals surface area contributed by atoms with Crippen LogP contribution >= 0.6 is 27.5 Å². The Kier molecular flexibility index (Phi) is 2.92. The molecule has 0 unspecified atom stereocenters. The van der Waals surface area contributed by atoms with E-state index in [0.717, 1.165) is 26.7 Å². The number of nitrogens with zero attached hydrogens (tertiary/aromatic N) is 3. The highest BCUT2D eigenvalue weighted by Gasteiger charge is 2.16. The lowest BCUT2D eigenvalue weighted by molar-refractivity contribution is 1.01. The molecule has 0 atom stereocenters. The minimum Gasteiger partial charge on any atom is -0.305 e. The van der Waals surface area contributed by atoms with E-state index in [1.165, 1.54) is 0 Å². The van der Waals surface area contributed by atoms with Gasteiger partial charge in [-0.15, -0.1) is 0 Å². The van der Waals surface area contributed by atoms with E-state index in [-0.39, 0.29) is 5.69 Å². The minimum absolute atomic E-state index is 0.226. The van der Waals surface area contributed by atoms with Crippen molar-refractivity contribution in [1.29, 1.82) is 0 Å². The molecule has 0 fully saturated rings. The van der Waals surface area contributed by atoms with Crippen LogP contribution in [0.2, 0.25) is 5.02 Å². The third-order valence-electron chi connectivity index (χ3n) is 3.70. The Morgan fingerprint density at radius 3 is 2.95 bits per heavy atom. The first-order chi connectivity index (χ1) is 10.6. The van der Waals surface area contributed by atoms with Gasteiger partial charge in [0, 0.05) is 28.6 Å². The van der Waals surface area contributed by atoms with Gasteiger partial charge in [0.1, 0.15) is 5.65 Å².